The smallest absolute Gasteiger partial charge is 0.161 e. The molecule has 0 fully saturated rings. The van der Waals surface area contributed by atoms with Crippen LogP contribution in [0.5, 0.6) is 11.5 Å². The largest absolute Gasteiger partial charge is 0.487 e. The average molecular weight is 281 g/mol. The highest BCUT2D eigenvalue weighted by molar-refractivity contribution is 5.98. The molecule has 0 spiro atoms. The second kappa shape index (κ2) is 7.72. The molecule has 0 saturated heterocycles. The molecule has 20 heavy (non-hydrogen) atoms. The first-order valence-corrected chi connectivity index (χ1v) is 6.55. The summed E-state index contributed by atoms with van der Waals surface area (Å²) >= 11 is 0. The van der Waals surface area contributed by atoms with Gasteiger partial charge in [-0.3, -0.25) is 0 Å². The number of fused-ring (bicyclic) bond motifs is 1. The van der Waals surface area contributed by atoms with Gasteiger partial charge in [0.1, 0.15) is 13.2 Å². The molecule has 1 aromatic rings. The van der Waals surface area contributed by atoms with E-state index in [2.05, 4.69) is 5.16 Å². The SMILES string of the molecule is C/C(=N\O)c1ccc2c(c1)OCCOCCOCCO2. The third-order valence-corrected chi connectivity index (χ3v) is 2.85. The zero-order chi connectivity index (χ0) is 14.2. The molecule has 1 aliphatic heterocycles. The number of nitrogens with zero attached hydrogens (tertiary/aromatic N) is 1. The number of hydrogen-bond acceptors (Lipinski definition) is 6. The van der Waals surface area contributed by atoms with Crippen LogP contribution >= 0.6 is 0 Å². The van der Waals surface area contributed by atoms with Crippen molar-refractivity contribution in [2.45, 2.75) is 6.92 Å². The third kappa shape index (κ3) is 4.11. The van der Waals surface area contributed by atoms with Gasteiger partial charge in [0.05, 0.1) is 32.1 Å². The van der Waals surface area contributed by atoms with Crippen LogP contribution < -0.4 is 9.47 Å². The van der Waals surface area contributed by atoms with Gasteiger partial charge in [-0.2, -0.15) is 0 Å². The highest BCUT2D eigenvalue weighted by Crippen LogP contribution is 2.28. The topological polar surface area (TPSA) is 69.5 Å². The Bertz CT molecular complexity index is 461. The first-order valence-electron chi connectivity index (χ1n) is 6.55. The summed E-state index contributed by atoms with van der Waals surface area (Å²) in [6, 6.07) is 5.41. The Kier molecular flexibility index (Phi) is 5.64. The molecule has 1 heterocycles. The van der Waals surface area contributed by atoms with E-state index in [4.69, 9.17) is 24.2 Å². The van der Waals surface area contributed by atoms with Crippen molar-refractivity contribution in [3.63, 3.8) is 0 Å². The molecule has 0 aromatic heterocycles. The van der Waals surface area contributed by atoms with Gasteiger partial charge in [-0.1, -0.05) is 5.16 Å². The summed E-state index contributed by atoms with van der Waals surface area (Å²) in [5, 5.41) is 12.0. The van der Waals surface area contributed by atoms with Crippen LogP contribution in [0.2, 0.25) is 0 Å². The van der Waals surface area contributed by atoms with Crippen LogP contribution in [0.25, 0.3) is 0 Å². The molecule has 0 amide bonds. The van der Waals surface area contributed by atoms with E-state index >= 15 is 0 Å². The fraction of sp³-hybridized carbons (Fsp3) is 0.500. The van der Waals surface area contributed by atoms with Crippen LogP contribution in [-0.4, -0.2) is 50.6 Å². The van der Waals surface area contributed by atoms with E-state index in [1.807, 2.05) is 6.07 Å². The summed E-state index contributed by atoms with van der Waals surface area (Å²) < 4.78 is 22.0. The molecule has 0 bridgehead atoms. The minimum absolute atomic E-state index is 0.426. The molecular weight excluding hydrogens is 262 g/mol. The van der Waals surface area contributed by atoms with Crippen molar-refractivity contribution in [2.24, 2.45) is 5.16 Å². The highest BCUT2D eigenvalue weighted by atomic mass is 16.6. The van der Waals surface area contributed by atoms with E-state index in [0.717, 1.165) is 5.56 Å². The Hall–Kier alpha value is -1.79. The predicted molar refractivity (Wildman–Crippen MR) is 73.1 cm³/mol. The lowest BCUT2D eigenvalue weighted by Gasteiger charge is -2.15. The van der Waals surface area contributed by atoms with E-state index in [0.29, 0.717) is 56.9 Å². The van der Waals surface area contributed by atoms with Crippen LogP contribution in [-0.2, 0) is 9.47 Å². The van der Waals surface area contributed by atoms with Crippen LogP contribution in [0.1, 0.15) is 12.5 Å². The lowest BCUT2D eigenvalue weighted by atomic mass is 10.1. The van der Waals surface area contributed by atoms with Crippen molar-refractivity contribution >= 4 is 5.71 Å². The van der Waals surface area contributed by atoms with Crippen LogP contribution in [0.15, 0.2) is 23.4 Å². The highest BCUT2D eigenvalue weighted by Gasteiger charge is 2.09. The fourth-order valence-corrected chi connectivity index (χ4v) is 1.77. The second-order valence-corrected chi connectivity index (χ2v) is 4.27. The lowest BCUT2D eigenvalue weighted by Crippen LogP contribution is -2.16. The maximum absolute atomic E-state index is 8.82. The van der Waals surface area contributed by atoms with Crippen LogP contribution in [0.4, 0.5) is 0 Å². The summed E-state index contributed by atoms with van der Waals surface area (Å²) in [4.78, 5) is 0. The lowest BCUT2D eigenvalue weighted by molar-refractivity contribution is 0.0223. The predicted octanol–water partition coefficient (Wildman–Crippen LogP) is 1.69. The molecule has 0 saturated carbocycles. The maximum atomic E-state index is 8.82. The van der Waals surface area contributed by atoms with Crippen molar-refractivity contribution in [3.8, 4) is 11.5 Å². The van der Waals surface area contributed by atoms with Crippen molar-refractivity contribution in [1.29, 1.82) is 0 Å². The number of rotatable bonds is 1. The first-order chi connectivity index (χ1) is 9.81. The summed E-state index contributed by atoms with van der Waals surface area (Å²) in [5.41, 5.74) is 1.29. The van der Waals surface area contributed by atoms with E-state index in [1.165, 1.54) is 0 Å². The monoisotopic (exact) mass is 281 g/mol. The Labute approximate surface area is 117 Å². The Balaban J connectivity index is 2.16. The van der Waals surface area contributed by atoms with Gasteiger partial charge < -0.3 is 24.2 Å². The van der Waals surface area contributed by atoms with E-state index in [9.17, 15) is 0 Å². The molecule has 0 radical (unpaired) electrons. The fourth-order valence-electron chi connectivity index (χ4n) is 1.77. The summed E-state index contributed by atoms with van der Waals surface area (Å²) in [6.45, 7) is 4.68. The van der Waals surface area contributed by atoms with E-state index < -0.39 is 0 Å². The first kappa shape index (κ1) is 14.6. The van der Waals surface area contributed by atoms with Crippen LogP contribution in [0, 0.1) is 0 Å². The molecule has 0 atom stereocenters. The Morgan fingerprint density at radius 3 is 2.20 bits per heavy atom. The average Bonchev–Trinajstić information content (AvgIpc) is 2.47. The van der Waals surface area contributed by atoms with Gasteiger partial charge in [-0.15, -0.1) is 0 Å². The molecule has 6 heteroatoms. The summed E-state index contributed by atoms with van der Waals surface area (Å²) in [6.07, 6.45) is 0. The number of oxime groups is 1. The molecule has 1 N–H and O–H groups in total. The second-order valence-electron chi connectivity index (χ2n) is 4.27. The summed E-state index contributed by atoms with van der Waals surface area (Å²) in [5.74, 6) is 1.25. The normalized spacial score (nSPS) is 17.9. The van der Waals surface area contributed by atoms with Gasteiger partial charge >= 0.3 is 0 Å². The molecule has 0 unspecified atom stereocenters. The third-order valence-electron chi connectivity index (χ3n) is 2.85. The maximum Gasteiger partial charge on any atom is 0.161 e. The number of hydrogen-bond donors (Lipinski definition) is 1. The van der Waals surface area contributed by atoms with E-state index in [-0.39, 0.29) is 0 Å². The number of benzene rings is 1. The molecule has 6 nitrogen and oxygen atoms in total. The van der Waals surface area contributed by atoms with Crippen molar-refractivity contribution in [1.82, 2.24) is 0 Å². The van der Waals surface area contributed by atoms with Crippen molar-refractivity contribution < 1.29 is 24.2 Å². The number of ether oxygens (including phenoxy) is 4. The van der Waals surface area contributed by atoms with Crippen molar-refractivity contribution in [3.05, 3.63) is 23.8 Å². The molecule has 110 valence electrons. The van der Waals surface area contributed by atoms with Gasteiger partial charge in [0.25, 0.3) is 0 Å². The van der Waals surface area contributed by atoms with Gasteiger partial charge in [-0.05, 0) is 25.1 Å². The standard InChI is InChI=1S/C14H19NO5/c1-11(15-16)12-2-3-13-14(10-12)20-9-7-18-5-4-17-6-8-19-13/h2-3,10,16H,4-9H2,1H3/b15-11+. The molecule has 0 aliphatic carbocycles. The molecular formula is C14H19NO5. The quantitative estimate of drug-likeness (QED) is 0.482. The zero-order valence-electron chi connectivity index (χ0n) is 11.5. The Morgan fingerprint density at radius 2 is 1.55 bits per heavy atom. The van der Waals surface area contributed by atoms with E-state index in [1.54, 1.807) is 19.1 Å². The molecule has 2 rings (SSSR count). The molecule has 1 aliphatic rings. The van der Waals surface area contributed by atoms with Gasteiger partial charge in [0.15, 0.2) is 11.5 Å². The minimum Gasteiger partial charge on any atom is -0.487 e. The zero-order valence-corrected chi connectivity index (χ0v) is 11.5. The van der Waals surface area contributed by atoms with Gasteiger partial charge in [-0.25, -0.2) is 0 Å². The van der Waals surface area contributed by atoms with Crippen molar-refractivity contribution in [2.75, 3.05) is 39.6 Å². The van der Waals surface area contributed by atoms with Gasteiger partial charge in [0.2, 0.25) is 0 Å². The molecule has 1 aromatic carbocycles. The Morgan fingerprint density at radius 1 is 0.950 bits per heavy atom. The van der Waals surface area contributed by atoms with Gasteiger partial charge in [0, 0.05) is 5.56 Å². The van der Waals surface area contributed by atoms with Crippen LogP contribution in [0.3, 0.4) is 0 Å². The summed E-state index contributed by atoms with van der Waals surface area (Å²) in [7, 11) is 0. The minimum atomic E-state index is 0.426.